The van der Waals surface area contributed by atoms with E-state index in [9.17, 15) is 0 Å². The van der Waals surface area contributed by atoms with Crippen LogP contribution in [0.5, 0.6) is 0 Å². The average Bonchev–Trinajstić information content (AvgIpc) is 2.03. The number of methoxy groups -OCH3 is 1. The molecule has 0 saturated heterocycles. The molecule has 0 radical (unpaired) electrons. The molecule has 0 heterocycles. The van der Waals surface area contributed by atoms with Crippen LogP contribution < -0.4 is 5.32 Å². The van der Waals surface area contributed by atoms with Crippen molar-refractivity contribution in [2.24, 2.45) is 0 Å². The number of likely N-dealkylation sites (N-methyl/N-ethyl adjacent to an activating group) is 1. The van der Waals surface area contributed by atoms with E-state index >= 15 is 0 Å². The van der Waals surface area contributed by atoms with Crippen LogP contribution in [0.15, 0.2) is 23.5 Å². The third kappa shape index (κ3) is 3.83. The molecular formula is C9H17NO. The molecule has 0 atom stereocenters. The van der Waals surface area contributed by atoms with Crippen molar-refractivity contribution in [3.63, 3.8) is 0 Å². The van der Waals surface area contributed by atoms with Gasteiger partial charge >= 0.3 is 0 Å². The minimum absolute atomic E-state index is 0.851. The largest absolute Gasteiger partial charge is 0.501 e. The number of hydrogen-bond acceptors (Lipinski definition) is 2. The quantitative estimate of drug-likeness (QED) is 0.493. The van der Waals surface area contributed by atoms with Crippen molar-refractivity contribution >= 4 is 0 Å². The minimum Gasteiger partial charge on any atom is -0.501 e. The monoisotopic (exact) mass is 155 g/mol. The summed E-state index contributed by atoms with van der Waals surface area (Å²) in [7, 11) is 3.61. The highest BCUT2D eigenvalue weighted by molar-refractivity contribution is 5.22. The molecule has 0 saturated carbocycles. The first-order valence-electron chi connectivity index (χ1n) is 3.77. The lowest BCUT2D eigenvalue weighted by atomic mass is 10.2. The van der Waals surface area contributed by atoms with Gasteiger partial charge in [-0.05, 0) is 20.9 Å². The summed E-state index contributed by atoms with van der Waals surface area (Å²) in [5, 5.41) is 3.08. The Hall–Kier alpha value is -0.760. The van der Waals surface area contributed by atoms with Gasteiger partial charge in [-0.15, -0.1) is 0 Å². The summed E-state index contributed by atoms with van der Waals surface area (Å²) in [6.45, 7) is 4.81. The Kier molecular flexibility index (Phi) is 5.57. The van der Waals surface area contributed by atoms with Gasteiger partial charge in [0.1, 0.15) is 0 Å². The van der Waals surface area contributed by atoms with E-state index in [1.807, 2.05) is 27.0 Å². The normalized spacial score (nSPS) is 13.5. The van der Waals surface area contributed by atoms with Crippen molar-refractivity contribution in [3.05, 3.63) is 23.5 Å². The van der Waals surface area contributed by atoms with Crippen molar-refractivity contribution in [2.45, 2.75) is 13.8 Å². The number of allylic oxidation sites excluding steroid dienone is 2. The molecule has 64 valence electrons. The van der Waals surface area contributed by atoms with Gasteiger partial charge in [-0.3, -0.25) is 0 Å². The van der Waals surface area contributed by atoms with E-state index in [1.165, 1.54) is 5.57 Å². The minimum atomic E-state index is 0.851. The molecule has 0 spiro atoms. The highest BCUT2D eigenvalue weighted by atomic mass is 16.5. The molecule has 0 unspecified atom stereocenters. The summed E-state index contributed by atoms with van der Waals surface area (Å²) in [6, 6.07) is 0. The molecular weight excluding hydrogens is 138 g/mol. The zero-order valence-electron chi connectivity index (χ0n) is 7.77. The molecule has 11 heavy (non-hydrogen) atoms. The molecule has 2 heteroatoms. The van der Waals surface area contributed by atoms with Gasteiger partial charge in [0.2, 0.25) is 0 Å². The van der Waals surface area contributed by atoms with Crippen LogP contribution in [0.1, 0.15) is 13.8 Å². The van der Waals surface area contributed by atoms with E-state index in [0.717, 1.165) is 12.3 Å². The van der Waals surface area contributed by atoms with Gasteiger partial charge in [0.15, 0.2) is 0 Å². The van der Waals surface area contributed by atoms with Crippen LogP contribution in [0.25, 0.3) is 0 Å². The van der Waals surface area contributed by atoms with Crippen molar-refractivity contribution in [3.8, 4) is 0 Å². The van der Waals surface area contributed by atoms with Crippen LogP contribution in [0.4, 0.5) is 0 Å². The molecule has 0 fully saturated rings. The summed E-state index contributed by atoms with van der Waals surface area (Å²) >= 11 is 0. The lowest BCUT2D eigenvalue weighted by Crippen LogP contribution is -2.11. The maximum atomic E-state index is 5.11. The Morgan fingerprint density at radius 3 is 2.55 bits per heavy atom. The van der Waals surface area contributed by atoms with E-state index in [0.29, 0.717) is 0 Å². The lowest BCUT2D eigenvalue weighted by molar-refractivity contribution is 0.289. The predicted octanol–water partition coefficient (Wildman–Crippen LogP) is 1.70. The van der Waals surface area contributed by atoms with Crippen molar-refractivity contribution in [2.75, 3.05) is 20.7 Å². The Balaban J connectivity index is 4.30. The highest BCUT2D eigenvalue weighted by Crippen LogP contribution is 2.04. The highest BCUT2D eigenvalue weighted by Gasteiger charge is 1.95. The second kappa shape index (κ2) is 5.98. The molecule has 0 aliphatic heterocycles. The molecule has 2 nitrogen and oxygen atoms in total. The van der Waals surface area contributed by atoms with Gasteiger partial charge in [0, 0.05) is 12.1 Å². The number of ether oxygens (including phenoxy) is 1. The van der Waals surface area contributed by atoms with Crippen LogP contribution in [-0.4, -0.2) is 20.7 Å². The SMILES string of the molecule is C/C=C\C(CNC)=C(/C)OC. The van der Waals surface area contributed by atoms with E-state index < -0.39 is 0 Å². The van der Waals surface area contributed by atoms with Gasteiger partial charge < -0.3 is 10.1 Å². The molecule has 0 bridgehead atoms. The van der Waals surface area contributed by atoms with Gasteiger partial charge in [0.25, 0.3) is 0 Å². The summed E-state index contributed by atoms with van der Waals surface area (Å²) in [6.07, 6.45) is 4.06. The number of rotatable bonds is 4. The molecule has 0 aromatic rings. The zero-order valence-corrected chi connectivity index (χ0v) is 7.77. The van der Waals surface area contributed by atoms with E-state index in [4.69, 9.17) is 4.74 Å². The third-order valence-corrected chi connectivity index (χ3v) is 1.49. The summed E-state index contributed by atoms with van der Waals surface area (Å²) < 4.78 is 5.11. The summed E-state index contributed by atoms with van der Waals surface area (Å²) in [5.74, 6) is 0.970. The molecule has 0 aliphatic rings. The van der Waals surface area contributed by atoms with Gasteiger partial charge in [0.05, 0.1) is 12.9 Å². The number of nitrogens with one attached hydrogen (secondary N) is 1. The fourth-order valence-corrected chi connectivity index (χ4v) is 0.823. The van der Waals surface area contributed by atoms with Crippen molar-refractivity contribution < 1.29 is 4.74 Å². The third-order valence-electron chi connectivity index (χ3n) is 1.49. The van der Waals surface area contributed by atoms with Crippen LogP contribution in [0.3, 0.4) is 0 Å². The molecule has 1 N–H and O–H groups in total. The average molecular weight is 155 g/mol. The van der Waals surface area contributed by atoms with Gasteiger partial charge in [-0.2, -0.15) is 0 Å². The van der Waals surface area contributed by atoms with E-state index in [2.05, 4.69) is 11.4 Å². The Bertz CT molecular complexity index is 159. The van der Waals surface area contributed by atoms with Gasteiger partial charge in [-0.25, -0.2) is 0 Å². The first-order chi connectivity index (χ1) is 5.26. The Morgan fingerprint density at radius 1 is 1.55 bits per heavy atom. The second-order valence-corrected chi connectivity index (χ2v) is 2.32. The standard InChI is InChI=1S/C9H17NO/c1-5-6-9(7-10-3)8(2)11-4/h5-6,10H,7H2,1-4H3/b6-5-,9-8-. The first kappa shape index (κ1) is 10.2. The summed E-state index contributed by atoms with van der Waals surface area (Å²) in [4.78, 5) is 0. The van der Waals surface area contributed by atoms with Crippen LogP contribution in [0, 0.1) is 0 Å². The van der Waals surface area contributed by atoms with Crippen molar-refractivity contribution in [1.82, 2.24) is 5.32 Å². The molecule has 0 aromatic carbocycles. The maximum absolute atomic E-state index is 5.11. The van der Waals surface area contributed by atoms with Crippen LogP contribution in [0.2, 0.25) is 0 Å². The Morgan fingerprint density at radius 2 is 2.18 bits per heavy atom. The lowest BCUT2D eigenvalue weighted by Gasteiger charge is -2.05. The predicted molar refractivity (Wildman–Crippen MR) is 48.4 cm³/mol. The maximum Gasteiger partial charge on any atom is 0.0969 e. The van der Waals surface area contributed by atoms with Crippen LogP contribution >= 0.6 is 0 Å². The number of hydrogen-bond donors (Lipinski definition) is 1. The van der Waals surface area contributed by atoms with E-state index in [-0.39, 0.29) is 0 Å². The topological polar surface area (TPSA) is 21.3 Å². The molecule has 0 amide bonds. The van der Waals surface area contributed by atoms with Crippen LogP contribution in [-0.2, 0) is 4.74 Å². The summed E-state index contributed by atoms with van der Waals surface area (Å²) in [5.41, 5.74) is 1.19. The fourth-order valence-electron chi connectivity index (χ4n) is 0.823. The van der Waals surface area contributed by atoms with Gasteiger partial charge in [-0.1, -0.05) is 12.2 Å². The smallest absolute Gasteiger partial charge is 0.0969 e. The Labute approximate surface area is 68.9 Å². The molecule has 0 aromatic heterocycles. The van der Waals surface area contributed by atoms with Crippen molar-refractivity contribution in [1.29, 1.82) is 0 Å². The first-order valence-corrected chi connectivity index (χ1v) is 3.77. The second-order valence-electron chi connectivity index (χ2n) is 2.32. The zero-order chi connectivity index (χ0) is 8.69. The fraction of sp³-hybridized carbons (Fsp3) is 0.556. The molecule has 0 rings (SSSR count). The van der Waals surface area contributed by atoms with E-state index in [1.54, 1.807) is 7.11 Å². The molecule has 0 aliphatic carbocycles.